The molecule has 0 amide bonds. The fraction of sp³-hybridized carbons (Fsp3) is 0.214. The Morgan fingerprint density at radius 3 is 2.65 bits per heavy atom. The number of hydrogen-bond donors (Lipinski definition) is 1. The quantitative estimate of drug-likeness (QED) is 0.875. The third kappa shape index (κ3) is 2.63. The molecule has 0 spiro atoms. The normalized spacial score (nSPS) is 10.2. The summed E-state index contributed by atoms with van der Waals surface area (Å²) in [6, 6.07) is 12.0. The number of hydrogen-bond acceptors (Lipinski definition) is 3. The number of rotatable bonds is 4. The van der Waals surface area contributed by atoms with Crippen LogP contribution in [0.3, 0.4) is 0 Å². The molecule has 0 aliphatic heterocycles. The van der Waals surface area contributed by atoms with E-state index in [1.807, 2.05) is 43.3 Å². The van der Waals surface area contributed by atoms with Gasteiger partial charge >= 0.3 is 0 Å². The van der Waals surface area contributed by atoms with E-state index in [2.05, 4.69) is 4.98 Å². The molecular weight excluding hydrogens is 212 g/mol. The van der Waals surface area contributed by atoms with Crippen molar-refractivity contribution < 1.29 is 4.74 Å². The zero-order chi connectivity index (χ0) is 12.1. The molecule has 1 heterocycles. The van der Waals surface area contributed by atoms with Crippen molar-refractivity contribution in [3.05, 3.63) is 48.2 Å². The van der Waals surface area contributed by atoms with Gasteiger partial charge in [0.2, 0.25) is 0 Å². The minimum Gasteiger partial charge on any atom is -0.492 e. The summed E-state index contributed by atoms with van der Waals surface area (Å²) in [5.41, 5.74) is 8.72. The molecular formula is C14H16N2O. The third-order valence-electron chi connectivity index (χ3n) is 2.54. The molecule has 2 N–H and O–H groups in total. The molecule has 0 radical (unpaired) electrons. The van der Waals surface area contributed by atoms with Crippen LogP contribution in [0.15, 0.2) is 42.6 Å². The van der Waals surface area contributed by atoms with Crippen LogP contribution in [0.5, 0.6) is 5.75 Å². The summed E-state index contributed by atoms with van der Waals surface area (Å²) in [6.07, 6.45) is 1.74. The first-order valence-electron chi connectivity index (χ1n) is 5.72. The Labute approximate surface area is 101 Å². The molecule has 2 aromatic rings. The fourth-order valence-corrected chi connectivity index (χ4v) is 1.70. The Morgan fingerprint density at radius 1 is 1.24 bits per heavy atom. The lowest BCUT2D eigenvalue weighted by Gasteiger charge is -2.10. The van der Waals surface area contributed by atoms with Crippen molar-refractivity contribution in [3.8, 4) is 17.0 Å². The van der Waals surface area contributed by atoms with Crippen LogP contribution in [0.2, 0.25) is 0 Å². The van der Waals surface area contributed by atoms with E-state index in [9.17, 15) is 0 Å². The van der Waals surface area contributed by atoms with Crippen LogP contribution in [-0.4, -0.2) is 11.6 Å². The summed E-state index contributed by atoms with van der Waals surface area (Å²) >= 11 is 0. The van der Waals surface area contributed by atoms with Gasteiger partial charge in [0.1, 0.15) is 5.75 Å². The van der Waals surface area contributed by atoms with Crippen LogP contribution in [0, 0.1) is 0 Å². The summed E-state index contributed by atoms with van der Waals surface area (Å²) in [4.78, 5) is 4.40. The van der Waals surface area contributed by atoms with Gasteiger partial charge in [0.25, 0.3) is 0 Å². The Morgan fingerprint density at radius 2 is 2.00 bits per heavy atom. The van der Waals surface area contributed by atoms with Gasteiger partial charge in [-0.05, 0) is 13.0 Å². The maximum absolute atomic E-state index is 5.72. The lowest BCUT2D eigenvalue weighted by molar-refractivity contribution is 0.335. The summed E-state index contributed by atoms with van der Waals surface area (Å²) in [5, 5.41) is 0. The smallest absolute Gasteiger partial charge is 0.142 e. The van der Waals surface area contributed by atoms with E-state index in [1.165, 1.54) is 0 Å². The molecule has 3 heteroatoms. The molecule has 0 aliphatic carbocycles. The minimum atomic E-state index is 0.456. The second-order valence-electron chi connectivity index (χ2n) is 3.68. The number of ether oxygens (including phenoxy) is 1. The molecule has 0 atom stereocenters. The van der Waals surface area contributed by atoms with E-state index in [0.29, 0.717) is 13.2 Å². The van der Waals surface area contributed by atoms with E-state index >= 15 is 0 Å². The molecule has 3 nitrogen and oxygen atoms in total. The molecule has 0 saturated heterocycles. The molecule has 88 valence electrons. The van der Waals surface area contributed by atoms with Gasteiger partial charge in [0.15, 0.2) is 0 Å². The molecule has 0 saturated carbocycles. The Bertz CT molecular complexity index is 483. The summed E-state index contributed by atoms with van der Waals surface area (Å²) in [7, 11) is 0. The monoisotopic (exact) mass is 228 g/mol. The topological polar surface area (TPSA) is 48.1 Å². The van der Waals surface area contributed by atoms with Gasteiger partial charge in [0.05, 0.1) is 18.5 Å². The predicted octanol–water partition coefficient (Wildman–Crippen LogP) is 2.61. The van der Waals surface area contributed by atoms with Crippen molar-refractivity contribution in [3.63, 3.8) is 0 Å². The highest BCUT2D eigenvalue weighted by Crippen LogP contribution is 2.23. The van der Waals surface area contributed by atoms with Gasteiger partial charge in [0, 0.05) is 17.7 Å². The number of nitrogens with zero attached hydrogens (tertiary/aromatic N) is 1. The Balaban J connectivity index is 2.38. The average Bonchev–Trinajstić information content (AvgIpc) is 2.40. The van der Waals surface area contributed by atoms with Gasteiger partial charge in [-0.15, -0.1) is 0 Å². The van der Waals surface area contributed by atoms with Crippen LogP contribution in [-0.2, 0) is 6.54 Å². The Hall–Kier alpha value is -1.87. The second kappa shape index (κ2) is 5.46. The predicted molar refractivity (Wildman–Crippen MR) is 68.7 cm³/mol. The van der Waals surface area contributed by atoms with Crippen molar-refractivity contribution in [1.82, 2.24) is 4.98 Å². The molecule has 1 aromatic carbocycles. The second-order valence-corrected chi connectivity index (χ2v) is 3.68. The first-order valence-corrected chi connectivity index (χ1v) is 5.72. The molecule has 2 rings (SSSR count). The third-order valence-corrected chi connectivity index (χ3v) is 2.54. The highest BCUT2D eigenvalue weighted by Gasteiger charge is 2.06. The first-order chi connectivity index (χ1) is 8.35. The highest BCUT2D eigenvalue weighted by atomic mass is 16.5. The van der Waals surface area contributed by atoms with Crippen molar-refractivity contribution in [2.24, 2.45) is 5.73 Å². The zero-order valence-corrected chi connectivity index (χ0v) is 9.89. The summed E-state index contributed by atoms with van der Waals surface area (Å²) in [5.74, 6) is 0.773. The highest BCUT2D eigenvalue weighted by molar-refractivity contribution is 5.60. The Kier molecular flexibility index (Phi) is 3.73. The van der Waals surface area contributed by atoms with Crippen molar-refractivity contribution in [2.45, 2.75) is 13.5 Å². The van der Waals surface area contributed by atoms with Crippen LogP contribution in [0.4, 0.5) is 0 Å². The fourth-order valence-electron chi connectivity index (χ4n) is 1.70. The summed E-state index contributed by atoms with van der Waals surface area (Å²) in [6.45, 7) is 3.03. The number of aromatic nitrogens is 1. The van der Waals surface area contributed by atoms with Gasteiger partial charge in [-0.3, -0.25) is 4.98 Å². The molecule has 0 bridgehead atoms. The molecule has 0 fully saturated rings. The van der Waals surface area contributed by atoms with Crippen LogP contribution in [0.1, 0.15) is 12.5 Å². The van der Waals surface area contributed by atoms with Gasteiger partial charge in [-0.1, -0.05) is 30.3 Å². The largest absolute Gasteiger partial charge is 0.492 e. The van der Waals surface area contributed by atoms with Crippen molar-refractivity contribution >= 4 is 0 Å². The first kappa shape index (κ1) is 11.6. The number of nitrogens with two attached hydrogens (primary N) is 1. The number of pyridine rings is 1. The van der Waals surface area contributed by atoms with Gasteiger partial charge in [-0.25, -0.2) is 0 Å². The van der Waals surface area contributed by atoms with Crippen LogP contribution >= 0.6 is 0 Å². The van der Waals surface area contributed by atoms with Crippen LogP contribution in [0.25, 0.3) is 11.3 Å². The van der Waals surface area contributed by atoms with Gasteiger partial charge in [-0.2, -0.15) is 0 Å². The van der Waals surface area contributed by atoms with E-state index in [-0.39, 0.29) is 0 Å². The molecule has 1 aromatic heterocycles. The van der Waals surface area contributed by atoms with E-state index in [4.69, 9.17) is 10.5 Å². The lowest BCUT2D eigenvalue weighted by Crippen LogP contribution is -2.03. The SMILES string of the molecule is CCOc1cnc(-c2ccccc2)cc1CN. The zero-order valence-electron chi connectivity index (χ0n) is 9.89. The molecule has 0 unspecified atom stereocenters. The summed E-state index contributed by atoms with van der Waals surface area (Å²) < 4.78 is 5.48. The standard InChI is InChI=1S/C14H16N2O/c1-2-17-14-10-16-13(8-12(14)9-15)11-6-4-3-5-7-11/h3-8,10H,2,9,15H2,1H3. The van der Waals surface area contributed by atoms with Crippen molar-refractivity contribution in [2.75, 3.05) is 6.61 Å². The minimum absolute atomic E-state index is 0.456. The van der Waals surface area contributed by atoms with E-state index in [0.717, 1.165) is 22.6 Å². The van der Waals surface area contributed by atoms with Crippen molar-refractivity contribution in [1.29, 1.82) is 0 Å². The van der Waals surface area contributed by atoms with Gasteiger partial charge < -0.3 is 10.5 Å². The maximum atomic E-state index is 5.72. The van der Waals surface area contributed by atoms with E-state index < -0.39 is 0 Å². The average molecular weight is 228 g/mol. The number of benzene rings is 1. The molecule has 17 heavy (non-hydrogen) atoms. The molecule has 0 aliphatic rings. The maximum Gasteiger partial charge on any atom is 0.142 e. The van der Waals surface area contributed by atoms with Crippen LogP contribution < -0.4 is 10.5 Å². The van der Waals surface area contributed by atoms with E-state index in [1.54, 1.807) is 6.20 Å². The lowest BCUT2D eigenvalue weighted by atomic mass is 10.1.